The van der Waals surface area contributed by atoms with E-state index in [4.69, 9.17) is 23.9 Å². The highest BCUT2D eigenvalue weighted by atomic mass is 79.9. The Labute approximate surface area is 284 Å². The fourth-order valence-corrected chi connectivity index (χ4v) is 7.53. The number of methoxy groups -OCH3 is 2. The van der Waals surface area contributed by atoms with Gasteiger partial charge >= 0.3 is 5.97 Å². The number of ether oxygens (including phenoxy) is 4. The van der Waals surface area contributed by atoms with Gasteiger partial charge in [-0.1, -0.05) is 61.3 Å². The standard InChI is InChI=1S/C35H50BrN3O5Si2/c1-25-21-30(41-3)32(27-14-16-38(33(25)27)23-43-17-19-45(5,6)7)35(2,15-13-31(40)42-4)34-37-28-22-26(36)11-12-29(28)39(34)24-44-18-20-46(8,9)10/h11-16,21-22H,17-20,23-24H2,1-10H3/b15-13+. The van der Waals surface area contributed by atoms with Crippen molar-refractivity contribution in [3.63, 3.8) is 0 Å². The molecule has 1 atom stereocenters. The molecule has 2 aromatic carbocycles. The van der Waals surface area contributed by atoms with Crippen LogP contribution >= 0.6 is 15.9 Å². The van der Waals surface area contributed by atoms with Crippen LogP contribution in [0.2, 0.25) is 51.4 Å². The van der Waals surface area contributed by atoms with Crippen LogP contribution in [-0.2, 0) is 37.9 Å². The predicted octanol–water partition coefficient (Wildman–Crippen LogP) is 8.73. The smallest absolute Gasteiger partial charge is 0.330 e. The molecule has 0 spiro atoms. The number of allylic oxidation sites excluding steroid dienone is 1. The molecule has 0 amide bonds. The second-order valence-corrected chi connectivity index (χ2v) is 26.7. The number of halogens is 1. The lowest BCUT2D eigenvalue weighted by Gasteiger charge is -2.30. The summed E-state index contributed by atoms with van der Waals surface area (Å²) in [4.78, 5) is 17.8. The topological polar surface area (TPSA) is 76.7 Å². The van der Waals surface area contributed by atoms with Crippen LogP contribution in [0.25, 0.3) is 21.9 Å². The number of hydrogen-bond acceptors (Lipinski definition) is 6. The lowest BCUT2D eigenvalue weighted by atomic mass is 9.78. The fraction of sp³-hybridized carbons (Fsp3) is 0.486. The van der Waals surface area contributed by atoms with E-state index in [0.29, 0.717) is 25.8 Å². The summed E-state index contributed by atoms with van der Waals surface area (Å²) < 4.78 is 28.9. The SMILES string of the molecule is COC(=O)/C=C/C(C)(c1c(OC)cc(C)c2c1ccn2COCC[Si](C)(C)C)c1nc2cc(Br)ccc2n1COCC[Si](C)(C)C. The zero-order chi connectivity index (χ0) is 33.9. The zero-order valence-electron chi connectivity index (χ0n) is 29.1. The van der Waals surface area contributed by atoms with Gasteiger partial charge in [-0.15, -0.1) is 0 Å². The molecule has 0 N–H and O–H groups in total. The highest BCUT2D eigenvalue weighted by Gasteiger charge is 2.38. The van der Waals surface area contributed by atoms with Gasteiger partial charge in [0.1, 0.15) is 25.0 Å². The van der Waals surface area contributed by atoms with Crippen molar-refractivity contribution in [3.05, 3.63) is 70.1 Å². The first-order valence-corrected chi connectivity index (χ1v) is 24.0. The highest BCUT2D eigenvalue weighted by Crippen LogP contribution is 2.45. The van der Waals surface area contributed by atoms with Crippen LogP contribution in [0.1, 0.15) is 23.9 Å². The maximum atomic E-state index is 12.6. The van der Waals surface area contributed by atoms with Crippen molar-refractivity contribution < 1.29 is 23.7 Å². The van der Waals surface area contributed by atoms with Gasteiger partial charge in [0.05, 0.1) is 36.2 Å². The molecule has 0 aliphatic carbocycles. The number of carbonyl (C=O) groups is 1. The average Bonchev–Trinajstić information content (AvgIpc) is 3.56. The van der Waals surface area contributed by atoms with Gasteiger partial charge in [0.15, 0.2) is 0 Å². The van der Waals surface area contributed by atoms with Crippen LogP contribution in [0, 0.1) is 6.92 Å². The van der Waals surface area contributed by atoms with Crippen molar-refractivity contribution >= 4 is 60.0 Å². The molecule has 1 unspecified atom stereocenters. The minimum atomic E-state index is -1.29. The second-order valence-electron chi connectivity index (χ2n) is 14.6. The Bertz CT molecular complexity index is 1720. The summed E-state index contributed by atoms with van der Waals surface area (Å²) in [5.41, 5.74) is 3.86. The summed E-state index contributed by atoms with van der Waals surface area (Å²) in [5.74, 6) is 0.994. The molecule has 0 radical (unpaired) electrons. The second kappa shape index (κ2) is 14.6. The molecule has 0 fully saturated rings. The maximum absolute atomic E-state index is 12.6. The van der Waals surface area contributed by atoms with Crippen molar-refractivity contribution in [2.24, 2.45) is 0 Å². The number of carbonyl (C=O) groups excluding carboxylic acids is 1. The number of fused-ring (bicyclic) bond motifs is 2. The van der Waals surface area contributed by atoms with Crippen LogP contribution in [0.15, 0.2) is 53.2 Å². The summed E-state index contributed by atoms with van der Waals surface area (Å²) in [5, 5.41) is 1.00. The lowest BCUT2D eigenvalue weighted by Crippen LogP contribution is -2.28. The molecular formula is C35H50BrN3O5Si2. The minimum Gasteiger partial charge on any atom is -0.496 e. The predicted molar refractivity (Wildman–Crippen MR) is 196 cm³/mol. The van der Waals surface area contributed by atoms with E-state index in [0.717, 1.165) is 62.1 Å². The largest absolute Gasteiger partial charge is 0.496 e. The van der Waals surface area contributed by atoms with Crippen LogP contribution in [0.3, 0.4) is 0 Å². The van der Waals surface area contributed by atoms with E-state index in [1.54, 1.807) is 7.11 Å². The molecule has 4 aromatic rings. The number of esters is 1. The number of nitrogens with zero attached hydrogens (tertiary/aromatic N) is 3. The van der Waals surface area contributed by atoms with Crippen LogP contribution < -0.4 is 4.74 Å². The van der Waals surface area contributed by atoms with Crippen molar-refractivity contribution in [2.75, 3.05) is 27.4 Å². The number of aromatic nitrogens is 3. The van der Waals surface area contributed by atoms with E-state index >= 15 is 0 Å². The monoisotopic (exact) mass is 727 g/mol. The molecule has 8 nitrogen and oxygen atoms in total. The normalized spacial score (nSPS) is 14.0. The van der Waals surface area contributed by atoms with E-state index in [-0.39, 0.29) is 0 Å². The van der Waals surface area contributed by atoms with Gasteiger partial charge in [-0.25, -0.2) is 9.78 Å². The van der Waals surface area contributed by atoms with Crippen LogP contribution in [-0.4, -0.2) is 63.7 Å². The number of aryl methyl sites for hydroxylation is 1. The van der Waals surface area contributed by atoms with Gasteiger partial charge in [0.25, 0.3) is 0 Å². The van der Waals surface area contributed by atoms with E-state index in [2.05, 4.69) is 103 Å². The Kier molecular flexibility index (Phi) is 11.5. The summed E-state index contributed by atoms with van der Waals surface area (Å²) in [6.45, 7) is 20.5. The Morgan fingerprint density at radius 2 is 1.63 bits per heavy atom. The summed E-state index contributed by atoms with van der Waals surface area (Å²) >= 11 is 3.63. The Morgan fingerprint density at radius 3 is 2.24 bits per heavy atom. The van der Waals surface area contributed by atoms with Gasteiger partial charge < -0.3 is 28.1 Å². The third-order valence-electron chi connectivity index (χ3n) is 8.31. The molecule has 4 rings (SSSR count). The number of rotatable bonds is 15. The first-order chi connectivity index (χ1) is 21.6. The van der Waals surface area contributed by atoms with E-state index < -0.39 is 27.5 Å². The molecule has 0 aliphatic rings. The Morgan fingerprint density at radius 1 is 0.978 bits per heavy atom. The van der Waals surface area contributed by atoms with Crippen LogP contribution in [0.4, 0.5) is 0 Å². The molecule has 0 bridgehead atoms. The van der Waals surface area contributed by atoms with Crippen LogP contribution in [0.5, 0.6) is 5.75 Å². The average molecular weight is 729 g/mol. The molecule has 11 heteroatoms. The molecular weight excluding hydrogens is 678 g/mol. The van der Waals surface area contributed by atoms with Gasteiger partial charge in [-0.05, 0) is 61.8 Å². The fourth-order valence-electron chi connectivity index (χ4n) is 5.67. The zero-order valence-corrected chi connectivity index (χ0v) is 32.7. The Hall–Kier alpha value is -2.71. The summed E-state index contributed by atoms with van der Waals surface area (Å²) in [6, 6.07) is 12.4. The molecule has 0 saturated carbocycles. The maximum Gasteiger partial charge on any atom is 0.330 e. The summed E-state index contributed by atoms with van der Waals surface area (Å²) in [6.07, 6.45) is 5.43. The van der Waals surface area contributed by atoms with Crippen molar-refractivity contribution in [1.82, 2.24) is 14.1 Å². The molecule has 2 heterocycles. The van der Waals surface area contributed by atoms with E-state index in [9.17, 15) is 4.79 Å². The Balaban J connectivity index is 1.93. The van der Waals surface area contributed by atoms with Gasteiger partial charge in [-0.3, -0.25) is 0 Å². The summed E-state index contributed by atoms with van der Waals surface area (Å²) in [7, 11) is 0.572. The van der Waals surface area contributed by atoms with E-state index in [1.807, 2.05) is 18.2 Å². The van der Waals surface area contributed by atoms with Gasteiger partial charge in [0, 0.05) is 57.1 Å². The number of imidazole rings is 1. The van der Waals surface area contributed by atoms with E-state index in [1.165, 1.54) is 13.2 Å². The molecule has 46 heavy (non-hydrogen) atoms. The molecule has 250 valence electrons. The highest BCUT2D eigenvalue weighted by molar-refractivity contribution is 9.10. The first kappa shape index (κ1) is 36.1. The van der Waals surface area contributed by atoms with Crippen molar-refractivity contribution in [3.8, 4) is 5.75 Å². The third kappa shape index (κ3) is 8.41. The molecule has 0 saturated heterocycles. The number of hydrogen-bond donors (Lipinski definition) is 0. The van der Waals surface area contributed by atoms with Crippen molar-refractivity contribution in [2.45, 2.75) is 84.1 Å². The first-order valence-electron chi connectivity index (χ1n) is 15.8. The van der Waals surface area contributed by atoms with Gasteiger partial charge in [-0.2, -0.15) is 0 Å². The lowest BCUT2D eigenvalue weighted by molar-refractivity contribution is -0.134. The van der Waals surface area contributed by atoms with Crippen molar-refractivity contribution in [1.29, 1.82) is 0 Å². The quantitative estimate of drug-likeness (QED) is 0.0528. The minimum absolute atomic E-state index is 0.322. The van der Waals surface area contributed by atoms with Gasteiger partial charge in [0.2, 0.25) is 0 Å². The third-order valence-corrected chi connectivity index (χ3v) is 12.2. The molecule has 0 aliphatic heterocycles. The molecule has 2 aromatic heterocycles. The number of benzene rings is 2.